The highest BCUT2D eigenvalue weighted by Crippen LogP contribution is 2.34. The topological polar surface area (TPSA) is 42.0 Å². The second kappa shape index (κ2) is 9.88. The number of methoxy groups -OCH3 is 2. The molecule has 0 spiro atoms. The zero-order chi connectivity index (χ0) is 22.5. The lowest BCUT2D eigenvalue weighted by Crippen LogP contribution is -2.49. The molecule has 0 aromatic heterocycles. The molecule has 32 heavy (non-hydrogen) atoms. The van der Waals surface area contributed by atoms with Gasteiger partial charge in [-0.1, -0.05) is 54.6 Å². The van der Waals surface area contributed by atoms with E-state index < -0.39 is 0 Å². The Bertz CT molecular complexity index is 1060. The van der Waals surface area contributed by atoms with Crippen molar-refractivity contribution in [1.82, 2.24) is 9.80 Å². The first-order valence-electron chi connectivity index (χ1n) is 11.0. The number of rotatable bonds is 6. The number of para-hydroxylation sites is 1. The first kappa shape index (κ1) is 21.9. The standard InChI is InChI=1S/C27H30N2O3/c1-20(30)29-17-16-28(19-26(29)21-12-14-23(31-2)15-13-21)18-22-8-4-5-9-24(22)25-10-6-7-11-27(25)32-3/h4-15,26H,16-19H2,1-3H3/t26-/m1/s1. The van der Waals surface area contributed by atoms with Crippen molar-refractivity contribution in [1.29, 1.82) is 0 Å². The molecule has 1 saturated heterocycles. The van der Waals surface area contributed by atoms with Crippen LogP contribution < -0.4 is 9.47 Å². The van der Waals surface area contributed by atoms with E-state index in [1.165, 1.54) is 11.1 Å². The zero-order valence-corrected chi connectivity index (χ0v) is 19.0. The quantitative estimate of drug-likeness (QED) is 0.565. The summed E-state index contributed by atoms with van der Waals surface area (Å²) in [6.45, 7) is 4.80. The van der Waals surface area contributed by atoms with Crippen molar-refractivity contribution in [3.8, 4) is 22.6 Å². The number of amides is 1. The van der Waals surface area contributed by atoms with Crippen LogP contribution in [-0.2, 0) is 11.3 Å². The van der Waals surface area contributed by atoms with Gasteiger partial charge in [-0.15, -0.1) is 0 Å². The molecule has 0 aliphatic carbocycles. The normalized spacial score (nSPS) is 16.6. The van der Waals surface area contributed by atoms with E-state index in [2.05, 4.69) is 47.4 Å². The second-order valence-electron chi connectivity index (χ2n) is 8.09. The monoisotopic (exact) mass is 430 g/mol. The van der Waals surface area contributed by atoms with Crippen molar-refractivity contribution in [3.05, 3.63) is 83.9 Å². The number of hydrogen-bond acceptors (Lipinski definition) is 4. The molecule has 3 aromatic rings. The van der Waals surface area contributed by atoms with Crippen molar-refractivity contribution in [2.45, 2.75) is 19.5 Å². The van der Waals surface area contributed by atoms with Crippen LogP contribution >= 0.6 is 0 Å². The molecule has 0 bridgehead atoms. The molecule has 5 heteroatoms. The molecule has 0 unspecified atom stereocenters. The van der Waals surface area contributed by atoms with Crippen molar-refractivity contribution in [2.24, 2.45) is 0 Å². The molecule has 1 amide bonds. The van der Waals surface area contributed by atoms with Crippen LogP contribution in [-0.4, -0.2) is 49.6 Å². The number of piperazine rings is 1. The molecule has 3 aromatic carbocycles. The minimum absolute atomic E-state index is 0.0191. The van der Waals surface area contributed by atoms with Crippen LogP contribution in [0, 0.1) is 0 Å². The molecule has 0 radical (unpaired) electrons. The summed E-state index contributed by atoms with van der Waals surface area (Å²) in [7, 11) is 3.38. The average Bonchev–Trinajstić information content (AvgIpc) is 2.84. The van der Waals surface area contributed by atoms with E-state index in [0.29, 0.717) is 6.54 Å². The highest BCUT2D eigenvalue weighted by molar-refractivity contribution is 5.74. The van der Waals surface area contributed by atoms with Gasteiger partial charge >= 0.3 is 0 Å². The fourth-order valence-electron chi connectivity index (χ4n) is 4.50. The van der Waals surface area contributed by atoms with Crippen LogP contribution in [0.3, 0.4) is 0 Å². The molecule has 1 heterocycles. The second-order valence-corrected chi connectivity index (χ2v) is 8.09. The molecular formula is C27H30N2O3. The van der Waals surface area contributed by atoms with Gasteiger partial charge in [0.15, 0.2) is 0 Å². The first-order chi connectivity index (χ1) is 15.6. The summed E-state index contributed by atoms with van der Waals surface area (Å²) >= 11 is 0. The van der Waals surface area contributed by atoms with Gasteiger partial charge in [0, 0.05) is 38.7 Å². The molecule has 4 rings (SSSR count). The highest BCUT2D eigenvalue weighted by Gasteiger charge is 2.30. The lowest BCUT2D eigenvalue weighted by Gasteiger charge is -2.41. The van der Waals surface area contributed by atoms with Gasteiger partial charge < -0.3 is 14.4 Å². The van der Waals surface area contributed by atoms with E-state index in [0.717, 1.165) is 42.3 Å². The fourth-order valence-corrected chi connectivity index (χ4v) is 4.50. The Morgan fingerprint density at radius 1 is 0.875 bits per heavy atom. The molecule has 166 valence electrons. The Morgan fingerprint density at radius 2 is 1.56 bits per heavy atom. The van der Waals surface area contributed by atoms with Gasteiger partial charge in [0.2, 0.25) is 5.91 Å². The summed E-state index contributed by atoms with van der Waals surface area (Å²) in [5.41, 5.74) is 4.66. The molecule has 1 atom stereocenters. The lowest BCUT2D eigenvalue weighted by atomic mass is 9.97. The maximum absolute atomic E-state index is 12.3. The summed E-state index contributed by atoms with van der Waals surface area (Å²) in [6, 6.07) is 24.7. The Morgan fingerprint density at radius 3 is 2.25 bits per heavy atom. The number of ether oxygens (including phenoxy) is 2. The number of carbonyl (C=O) groups excluding carboxylic acids is 1. The number of carbonyl (C=O) groups is 1. The van der Waals surface area contributed by atoms with Gasteiger partial charge in [0.25, 0.3) is 0 Å². The summed E-state index contributed by atoms with van der Waals surface area (Å²) in [4.78, 5) is 16.8. The van der Waals surface area contributed by atoms with Gasteiger partial charge in [0.1, 0.15) is 11.5 Å². The lowest BCUT2D eigenvalue weighted by molar-refractivity contribution is -0.134. The molecule has 1 aliphatic heterocycles. The minimum atomic E-state index is 0.0191. The third-order valence-electron chi connectivity index (χ3n) is 6.18. The van der Waals surface area contributed by atoms with Crippen LogP contribution in [0.2, 0.25) is 0 Å². The van der Waals surface area contributed by atoms with Gasteiger partial charge in [-0.2, -0.15) is 0 Å². The minimum Gasteiger partial charge on any atom is -0.497 e. The Hall–Kier alpha value is -3.31. The summed E-state index contributed by atoms with van der Waals surface area (Å²) < 4.78 is 10.9. The average molecular weight is 431 g/mol. The predicted octanol–water partition coefficient (Wildman–Crippen LogP) is 4.78. The van der Waals surface area contributed by atoms with E-state index in [9.17, 15) is 4.79 Å². The maximum atomic E-state index is 12.3. The van der Waals surface area contributed by atoms with Gasteiger partial charge in [0.05, 0.1) is 20.3 Å². The molecule has 1 aliphatic rings. The Balaban J connectivity index is 1.60. The van der Waals surface area contributed by atoms with E-state index in [1.54, 1.807) is 21.1 Å². The van der Waals surface area contributed by atoms with Crippen molar-refractivity contribution in [2.75, 3.05) is 33.9 Å². The smallest absolute Gasteiger partial charge is 0.220 e. The molecule has 1 fully saturated rings. The number of nitrogens with zero attached hydrogens (tertiary/aromatic N) is 2. The number of hydrogen-bond donors (Lipinski definition) is 0. The third-order valence-corrected chi connectivity index (χ3v) is 6.18. The van der Waals surface area contributed by atoms with E-state index in [1.807, 2.05) is 35.2 Å². The predicted molar refractivity (Wildman–Crippen MR) is 127 cm³/mol. The SMILES string of the molecule is COc1ccc([C@H]2CN(Cc3ccccc3-c3ccccc3OC)CCN2C(C)=O)cc1. The van der Waals surface area contributed by atoms with Crippen LogP contribution in [0.25, 0.3) is 11.1 Å². The summed E-state index contributed by atoms with van der Waals surface area (Å²) in [6.07, 6.45) is 0. The van der Waals surface area contributed by atoms with Crippen molar-refractivity contribution in [3.63, 3.8) is 0 Å². The number of benzene rings is 3. The van der Waals surface area contributed by atoms with Crippen molar-refractivity contribution >= 4 is 5.91 Å². The van der Waals surface area contributed by atoms with E-state index in [-0.39, 0.29) is 11.9 Å². The summed E-state index contributed by atoms with van der Waals surface area (Å²) in [5.74, 6) is 1.80. The van der Waals surface area contributed by atoms with Crippen LogP contribution in [0.15, 0.2) is 72.8 Å². The molecule has 0 saturated carbocycles. The molecule has 0 N–H and O–H groups in total. The van der Waals surface area contributed by atoms with Crippen LogP contribution in [0.5, 0.6) is 11.5 Å². The molecular weight excluding hydrogens is 400 g/mol. The third kappa shape index (κ3) is 4.63. The van der Waals surface area contributed by atoms with Gasteiger partial charge in [-0.3, -0.25) is 9.69 Å². The fraction of sp³-hybridized carbons (Fsp3) is 0.296. The van der Waals surface area contributed by atoms with Crippen molar-refractivity contribution < 1.29 is 14.3 Å². The zero-order valence-electron chi connectivity index (χ0n) is 19.0. The largest absolute Gasteiger partial charge is 0.497 e. The van der Waals surface area contributed by atoms with E-state index >= 15 is 0 Å². The van der Waals surface area contributed by atoms with Crippen LogP contribution in [0.1, 0.15) is 24.1 Å². The first-order valence-corrected chi connectivity index (χ1v) is 11.0. The molecule has 5 nitrogen and oxygen atoms in total. The maximum Gasteiger partial charge on any atom is 0.220 e. The van der Waals surface area contributed by atoms with Crippen LogP contribution in [0.4, 0.5) is 0 Å². The highest BCUT2D eigenvalue weighted by atomic mass is 16.5. The Kier molecular flexibility index (Phi) is 6.76. The van der Waals surface area contributed by atoms with E-state index in [4.69, 9.17) is 9.47 Å². The Labute approximate surface area is 190 Å². The summed E-state index contributed by atoms with van der Waals surface area (Å²) in [5, 5.41) is 0. The van der Waals surface area contributed by atoms with Gasteiger partial charge in [-0.25, -0.2) is 0 Å². The van der Waals surface area contributed by atoms with Gasteiger partial charge in [-0.05, 0) is 34.9 Å².